The quantitative estimate of drug-likeness (QED) is 0.576. The molecule has 22 heavy (non-hydrogen) atoms. The number of hydrogen-bond acceptors (Lipinski definition) is 4. The zero-order chi connectivity index (χ0) is 15.4. The first-order valence-electron chi connectivity index (χ1n) is 6.93. The minimum Gasteiger partial charge on any atom is -0.316 e. The molecule has 3 rings (SSSR count). The Labute approximate surface area is 133 Å². The molecule has 3 aromatic rings. The van der Waals surface area contributed by atoms with Crippen LogP contribution in [0.25, 0.3) is 11.4 Å². The van der Waals surface area contributed by atoms with Gasteiger partial charge in [0.25, 0.3) is 0 Å². The van der Waals surface area contributed by atoms with Crippen molar-refractivity contribution in [1.82, 2.24) is 15.2 Å². The molecular weight excluding hydrogens is 294 g/mol. The fourth-order valence-electron chi connectivity index (χ4n) is 1.99. The molecule has 0 unspecified atom stereocenters. The van der Waals surface area contributed by atoms with Gasteiger partial charge in [0.05, 0.1) is 5.75 Å². The minimum absolute atomic E-state index is 0.0823. The maximum atomic E-state index is 12.0. The standard InChI is InChI=1S/C17H15N3OS/c1-12-7-9-14(10-8-12)16-18-17(20-19-16)22-11-15(21)13-5-3-2-4-6-13/h2-10H,11H2,1H3,(H,18,19,20). The molecular formula is C17H15N3OS. The molecule has 0 atom stereocenters. The number of rotatable bonds is 5. The summed E-state index contributed by atoms with van der Waals surface area (Å²) in [6.45, 7) is 2.04. The fraction of sp³-hybridized carbons (Fsp3) is 0.118. The van der Waals surface area contributed by atoms with Gasteiger partial charge in [-0.05, 0) is 6.92 Å². The molecule has 1 N–H and O–H groups in total. The number of H-pyrrole nitrogens is 1. The number of thioether (sulfide) groups is 1. The highest BCUT2D eigenvalue weighted by molar-refractivity contribution is 7.99. The number of ketones is 1. The molecule has 0 aliphatic heterocycles. The van der Waals surface area contributed by atoms with Gasteiger partial charge in [-0.1, -0.05) is 71.9 Å². The zero-order valence-corrected chi connectivity index (χ0v) is 12.9. The van der Waals surface area contributed by atoms with E-state index in [1.54, 1.807) is 0 Å². The van der Waals surface area contributed by atoms with Crippen LogP contribution >= 0.6 is 11.8 Å². The van der Waals surface area contributed by atoms with Crippen LogP contribution in [0.1, 0.15) is 15.9 Å². The Morgan fingerprint density at radius 3 is 2.50 bits per heavy atom. The lowest BCUT2D eigenvalue weighted by Crippen LogP contribution is -2.01. The van der Waals surface area contributed by atoms with Crippen LogP contribution in [0.5, 0.6) is 0 Å². The number of carbonyl (C=O) groups excluding carboxylic acids is 1. The van der Waals surface area contributed by atoms with Gasteiger partial charge in [0.2, 0.25) is 0 Å². The largest absolute Gasteiger partial charge is 0.316 e. The van der Waals surface area contributed by atoms with E-state index in [1.807, 2.05) is 61.5 Å². The number of aromatic amines is 1. The van der Waals surface area contributed by atoms with Crippen LogP contribution in [0.15, 0.2) is 59.8 Å². The van der Waals surface area contributed by atoms with Crippen LogP contribution in [0, 0.1) is 6.92 Å². The smallest absolute Gasteiger partial charge is 0.189 e. The molecule has 2 aromatic carbocycles. The first-order chi connectivity index (χ1) is 10.7. The first-order valence-corrected chi connectivity index (χ1v) is 7.92. The molecule has 0 amide bonds. The molecule has 1 aromatic heterocycles. The molecule has 0 saturated heterocycles. The van der Waals surface area contributed by atoms with Crippen molar-refractivity contribution in [2.24, 2.45) is 0 Å². The van der Waals surface area contributed by atoms with Crippen molar-refractivity contribution in [3.8, 4) is 11.4 Å². The van der Waals surface area contributed by atoms with Gasteiger partial charge in [0, 0.05) is 11.1 Å². The Kier molecular flexibility index (Phi) is 4.34. The Morgan fingerprint density at radius 2 is 1.77 bits per heavy atom. The Morgan fingerprint density at radius 1 is 1.05 bits per heavy atom. The van der Waals surface area contributed by atoms with Crippen LogP contribution in [0.4, 0.5) is 0 Å². The second-order valence-corrected chi connectivity index (χ2v) is 5.89. The Hall–Kier alpha value is -2.40. The lowest BCUT2D eigenvalue weighted by atomic mass is 10.1. The van der Waals surface area contributed by atoms with E-state index in [-0.39, 0.29) is 5.78 Å². The van der Waals surface area contributed by atoms with Crippen molar-refractivity contribution in [1.29, 1.82) is 0 Å². The SMILES string of the molecule is Cc1ccc(-c2nnc(SCC(=O)c3ccccc3)[nH]2)cc1. The molecule has 0 bridgehead atoms. The molecule has 0 spiro atoms. The third-order valence-corrected chi connectivity index (χ3v) is 4.09. The molecule has 0 aliphatic rings. The lowest BCUT2D eigenvalue weighted by Gasteiger charge is -1.99. The lowest BCUT2D eigenvalue weighted by molar-refractivity contribution is 0.102. The summed E-state index contributed by atoms with van der Waals surface area (Å²) in [6.07, 6.45) is 0. The van der Waals surface area contributed by atoms with Crippen LogP contribution in [-0.2, 0) is 0 Å². The van der Waals surface area contributed by atoms with E-state index >= 15 is 0 Å². The van der Waals surface area contributed by atoms with Gasteiger partial charge in [-0.3, -0.25) is 4.79 Å². The molecule has 1 heterocycles. The summed E-state index contributed by atoms with van der Waals surface area (Å²) in [6, 6.07) is 17.3. The number of benzene rings is 2. The predicted molar refractivity (Wildman–Crippen MR) is 88.1 cm³/mol. The Bertz CT molecular complexity index is 766. The maximum Gasteiger partial charge on any atom is 0.189 e. The van der Waals surface area contributed by atoms with Gasteiger partial charge in [-0.2, -0.15) is 0 Å². The van der Waals surface area contributed by atoms with Crippen molar-refractivity contribution in [2.75, 3.05) is 5.75 Å². The number of hydrogen-bond donors (Lipinski definition) is 1. The minimum atomic E-state index is 0.0823. The average Bonchev–Trinajstić information content (AvgIpc) is 3.03. The van der Waals surface area contributed by atoms with Gasteiger partial charge in [-0.25, -0.2) is 0 Å². The van der Waals surface area contributed by atoms with Crippen LogP contribution in [0.2, 0.25) is 0 Å². The highest BCUT2D eigenvalue weighted by Gasteiger charge is 2.09. The van der Waals surface area contributed by atoms with Crippen molar-refractivity contribution in [3.05, 3.63) is 65.7 Å². The molecule has 0 radical (unpaired) electrons. The molecule has 4 nitrogen and oxygen atoms in total. The van der Waals surface area contributed by atoms with Gasteiger partial charge in [0.15, 0.2) is 16.8 Å². The highest BCUT2D eigenvalue weighted by Crippen LogP contribution is 2.20. The van der Waals surface area contributed by atoms with Crippen molar-refractivity contribution in [2.45, 2.75) is 12.1 Å². The predicted octanol–water partition coefficient (Wildman–Crippen LogP) is 3.76. The molecule has 5 heteroatoms. The van der Waals surface area contributed by atoms with Gasteiger partial charge >= 0.3 is 0 Å². The summed E-state index contributed by atoms with van der Waals surface area (Å²) < 4.78 is 0. The van der Waals surface area contributed by atoms with Crippen molar-refractivity contribution in [3.63, 3.8) is 0 Å². The molecule has 0 saturated carbocycles. The van der Waals surface area contributed by atoms with Gasteiger partial charge in [0.1, 0.15) is 0 Å². The van der Waals surface area contributed by atoms with E-state index in [9.17, 15) is 4.79 Å². The molecule has 0 aliphatic carbocycles. The summed E-state index contributed by atoms with van der Waals surface area (Å²) in [4.78, 5) is 15.2. The van der Waals surface area contributed by atoms with E-state index in [2.05, 4.69) is 15.2 Å². The van der Waals surface area contributed by atoms with Crippen molar-refractivity contribution >= 4 is 17.5 Å². The second kappa shape index (κ2) is 6.58. The van der Waals surface area contributed by atoms with Gasteiger partial charge < -0.3 is 4.98 Å². The number of Topliss-reactive ketones (excluding diaryl/α,β-unsaturated/α-hetero) is 1. The zero-order valence-electron chi connectivity index (χ0n) is 12.1. The van der Waals surface area contributed by atoms with E-state index in [1.165, 1.54) is 17.3 Å². The van der Waals surface area contributed by atoms with E-state index in [0.29, 0.717) is 16.5 Å². The van der Waals surface area contributed by atoms with Crippen LogP contribution in [0.3, 0.4) is 0 Å². The topological polar surface area (TPSA) is 58.6 Å². The summed E-state index contributed by atoms with van der Waals surface area (Å²) in [5.41, 5.74) is 2.90. The van der Waals surface area contributed by atoms with Crippen LogP contribution < -0.4 is 0 Å². The highest BCUT2D eigenvalue weighted by atomic mass is 32.2. The number of carbonyl (C=O) groups is 1. The summed E-state index contributed by atoms with van der Waals surface area (Å²) in [7, 11) is 0. The average molecular weight is 309 g/mol. The second-order valence-electron chi connectivity index (χ2n) is 4.92. The third kappa shape index (κ3) is 3.43. The number of nitrogens with zero attached hydrogens (tertiary/aromatic N) is 2. The maximum absolute atomic E-state index is 12.0. The molecule has 0 fully saturated rings. The summed E-state index contributed by atoms with van der Waals surface area (Å²) in [5.74, 6) is 1.14. The van der Waals surface area contributed by atoms with E-state index in [0.717, 1.165) is 11.4 Å². The van der Waals surface area contributed by atoms with Crippen molar-refractivity contribution < 1.29 is 4.79 Å². The number of nitrogens with one attached hydrogen (secondary N) is 1. The van der Waals surface area contributed by atoms with E-state index < -0.39 is 0 Å². The normalized spacial score (nSPS) is 10.6. The summed E-state index contributed by atoms with van der Waals surface area (Å²) in [5, 5.41) is 8.87. The number of aromatic nitrogens is 3. The summed E-state index contributed by atoms with van der Waals surface area (Å²) >= 11 is 1.36. The molecule has 110 valence electrons. The van der Waals surface area contributed by atoms with Gasteiger partial charge in [-0.15, -0.1) is 10.2 Å². The third-order valence-electron chi connectivity index (χ3n) is 3.23. The fourth-order valence-corrected chi connectivity index (χ4v) is 2.70. The monoisotopic (exact) mass is 309 g/mol. The Balaban J connectivity index is 1.65. The van der Waals surface area contributed by atoms with E-state index in [4.69, 9.17) is 0 Å². The first kappa shape index (κ1) is 14.5. The van der Waals surface area contributed by atoms with Crippen LogP contribution in [-0.4, -0.2) is 26.7 Å². The number of aryl methyl sites for hydroxylation is 1.